The van der Waals surface area contributed by atoms with Gasteiger partial charge in [0.2, 0.25) is 0 Å². The van der Waals surface area contributed by atoms with E-state index in [-0.39, 0.29) is 0 Å². The van der Waals surface area contributed by atoms with Crippen LogP contribution in [-0.2, 0) is 9.47 Å². The van der Waals surface area contributed by atoms with E-state index in [2.05, 4.69) is 13.8 Å². The molecule has 0 unspecified atom stereocenters. The van der Waals surface area contributed by atoms with Gasteiger partial charge >= 0.3 is 12.2 Å². The van der Waals surface area contributed by atoms with E-state index in [4.69, 9.17) is 20.9 Å². The highest BCUT2D eigenvalue weighted by atomic mass is 16.6. The quantitative estimate of drug-likeness (QED) is 0.0592. The number of amides is 2. The third kappa shape index (κ3) is 67.7. The second kappa shape index (κ2) is 70.3. The molecule has 0 aliphatic carbocycles. The lowest BCUT2D eigenvalue weighted by Gasteiger charge is -2.33. The zero-order valence-corrected chi connectivity index (χ0v) is 56.5. The van der Waals surface area contributed by atoms with E-state index in [9.17, 15) is 9.59 Å². The number of hydrogen-bond donors (Lipinski definition) is 2. The molecule has 0 aromatic rings. The summed E-state index contributed by atoms with van der Waals surface area (Å²) in [5, 5.41) is 0. The van der Waals surface area contributed by atoms with Crippen LogP contribution in [0.25, 0.3) is 0 Å². The van der Waals surface area contributed by atoms with E-state index in [1.165, 1.54) is 398 Å². The molecular formula is C76H152N2O4. The minimum Gasteiger partial charge on any atom is -0.450 e. The van der Waals surface area contributed by atoms with Crippen LogP contribution in [-0.4, -0.2) is 24.4 Å². The Morgan fingerprint density at radius 2 is 0.366 bits per heavy atom. The normalized spacial score (nSPS) is 11.8. The van der Waals surface area contributed by atoms with Gasteiger partial charge in [0.15, 0.2) is 0 Å². The van der Waals surface area contributed by atoms with Crippen molar-refractivity contribution in [3.63, 3.8) is 0 Å². The lowest BCUT2D eigenvalue weighted by atomic mass is 9.84. The van der Waals surface area contributed by atoms with Crippen LogP contribution in [0.2, 0.25) is 0 Å². The molecule has 0 rings (SSSR count). The van der Waals surface area contributed by atoms with Crippen molar-refractivity contribution in [2.75, 3.05) is 6.61 Å². The number of carbonyl (C=O) groups is 2. The standard InChI is InChI=1S/C76H152N2O4/c1-3-5-7-9-11-13-15-17-19-21-23-25-27-29-31-33-35-37-39-41-43-45-47-49-51-53-55-57-59-61-63-66-70-76(82-75(78)80,72-68-65-69-73-81-74(77)79)71-67-64-62-60-58-56-54-52-50-48-46-44-42-40-38-36-34-32-30-28-26-24-22-20-18-16-14-12-10-8-6-4-2/h3-73H2,1-2H3,(H2,77,79)(H2,78,80). The Bertz CT molecular complexity index is 1140. The van der Waals surface area contributed by atoms with Crippen LogP contribution in [0.1, 0.15) is 463 Å². The number of nitrogens with two attached hydrogens (primary N) is 2. The predicted molar refractivity (Wildman–Crippen MR) is 363 cm³/mol. The molecule has 0 aliphatic rings. The Labute approximate surface area is 515 Å². The molecule has 0 saturated heterocycles. The minimum absolute atomic E-state index is 0.346. The molecule has 6 heteroatoms. The molecule has 0 fully saturated rings. The van der Waals surface area contributed by atoms with Crippen LogP contribution < -0.4 is 11.5 Å². The second-order valence-corrected chi connectivity index (χ2v) is 27.0. The first kappa shape index (κ1) is 80.5. The Morgan fingerprint density at radius 1 is 0.220 bits per heavy atom. The van der Waals surface area contributed by atoms with Crippen molar-refractivity contribution in [1.82, 2.24) is 0 Å². The van der Waals surface area contributed by atoms with Gasteiger partial charge < -0.3 is 20.9 Å². The largest absolute Gasteiger partial charge is 0.450 e. The Balaban J connectivity index is 3.89. The average molecular weight is 1160 g/mol. The van der Waals surface area contributed by atoms with E-state index >= 15 is 0 Å². The predicted octanol–water partition coefficient (Wildman–Crippen LogP) is 27.3. The number of ether oxygens (including phenoxy) is 2. The van der Waals surface area contributed by atoms with Gasteiger partial charge in [0.25, 0.3) is 0 Å². The Hall–Kier alpha value is -1.46. The smallest absolute Gasteiger partial charge is 0.405 e. The van der Waals surface area contributed by atoms with Gasteiger partial charge in [-0.2, -0.15) is 0 Å². The van der Waals surface area contributed by atoms with E-state index in [1.807, 2.05) is 0 Å². The molecule has 0 aliphatic heterocycles. The van der Waals surface area contributed by atoms with Gasteiger partial charge in [0, 0.05) is 0 Å². The van der Waals surface area contributed by atoms with Gasteiger partial charge in [-0.1, -0.05) is 412 Å². The van der Waals surface area contributed by atoms with Crippen molar-refractivity contribution in [3.05, 3.63) is 0 Å². The number of primary amides is 2. The molecule has 2 amide bonds. The van der Waals surface area contributed by atoms with Crippen LogP contribution in [0, 0.1) is 0 Å². The lowest BCUT2D eigenvalue weighted by molar-refractivity contribution is -0.00989. The third-order valence-electron chi connectivity index (χ3n) is 18.8. The number of hydrogen-bond acceptors (Lipinski definition) is 4. The first-order valence-electron chi connectivity index (χ1n) is 38.4. The van der Waals surface area contributed by atoms with E-state index < -0.39 is 17.8 Å². The molecule has 0 spiro atoms. The van der Waals surface area contributed by atoms with Gasteiger partial charge in [-0.15, -0.1) is 0 Å². The van der Waals surface area contributed by atoms with Gasteiger partial charge in [-0.25, -0.2) is 9.59 Å². The summed E-state index contributed by atoms with van der Waals surface area (Å²) in [6.45, 7) is 4.96. The van der Waals surface area contributed by atoms with Crippen LogP contribution >= 0.6 is 0 Å². The average Bonchev–Trinajstić information content (AvgIpc) is 3.46. The molecule has 0 atom stereocenters. The van der Waals surface area contributed by atoms with Gasteiger partial charge in [-0.05, 0) is 51.4 Å². The highest BCUT2D eigenvalue weighted by Gasteiger charge is 2.32. The van der Waals surface area contributed by atoms with Gasteiger partial charge in [-0.3, -0.25) is 0 Å². The third-order valence-corrected chi connectivity index (χ3v) is 18.8. The number of unbranched alkanes of at least 4 members (excludes halogenated alkanes) is 64. The summed E-state index contributed by atoms with van der Waals surface area (Å²) < 4.78 is 11.0. The molecule has 490 valence electrons. The van der Waals surface area contributed by atoms with E-state index in [0.717, 1.165) is 51.4 Å². The molecule has 0 radical (unpaired) electrons. The zero-order valence-electron chi connectivity index (χ0n) is 56.5. The summed E-state index contributed by atoms with van der Waals surface area (Å²) in [4.78, 5) is 23.3. The highest BCUT2D eigenvalue weighted by Crippen LogP contribution is 2.33. The van der Waals surface area contributed by atoms with Crippen LogP contribution in [0.3, 0.4) is 0 Å². The van der Waals surface area contributed by atoms with Crippen LogP contribution in [0.5, 0.6) is 0 Å². The molecule has 0 saturated carbocycles. The highest BCUT2D eigenvalue weighted by molar-refractivity contribution is 5.65. The summed E-state index contributed by atoms with van der Waals surface area (Å²) >= 11 is 0. The van der Waals surface area contributed by atoms with E-state index in [0.29, 0.717) is 6.61 Å². The maximum Gasteiger partial charge on any atom is 0.405 e. The molecular weight excluding hydrogens is 1000 g/mol. The monoisotopic (exact) mass is 1160 g/mol. The maximum atomic E-state index is 12.3. The SMILES string of the molecule is CCCCCCCCCCCCCCCCCCCCCCCCCCCCCCCCCCC(CCCCCCCCCCCCCCCCCCCCCCCCCCCCCCCCCC)(CCCCCOC(N)=O)OC(N)=O. The fourth-order valence-electron chi connectivity index (χ4n) is 13.3. The minimum atomic E-state index is -0.713. The zero-order chi connectivity index (χ0) is 59.3. The lowest BCUT2D eigenvalue weighted by Crippen LogP contribution is -2.37. The van der Waals surface area contributed by atoms with Crippen molar-refractivity contribution >= 4 is 12.2 Å². The van der Waals surface area contributed by atoms with Crippen molar-refractivity contribution < 1.29 is 19.1 Å². The molecule has 0 heterocycles. The number of carbonyl (C=O) groups excluding carboxylic acids is 2. The Morgan fingerprint density at radius 3 is 0.512 bits per heavy atom. The fourth-order valence-corrected chi connectivity index (χ4v) is 13.3. The summed E-state index contributed by atoms with van der Waals surface area (Å²) in [7, 11) is 0. The van der Waals surface area contributed by atoms with Crippen molar-refractivity contribution in [2.45, 2.75) is 469 Å². The molecule has 6 nitrogen and oxygen atoms in total. The van der Waals surface area contributed by atoms with Crippen LogP contribution in [0.15, 0.2) is 0 Å². The van der Waals surface area contributed by atoms with Gasteiger partial charge in [0.1, 0.15) is 5.60 Å². The van der Waals surface area contributed by atoms with Crippen molar-refractivity contribution in [1.29, 1.82) is 0 Å². The summed E-state index contributed by atoms with van der Waals surface area (Å²) in [5.74, 6) is 0. The maximum absolute atomic E-state index is 12.3. The summed E-state index contributed by atoms with van der Waals surface area (Å²) in [5.41, 5.74) is 10.4. The van der Waals surface area contributed by atoms with Gasteiger partial charge in [0.05, 0.1) is 6.61 Å². The van der Waals surface area contributed by atoms with E-state index in [1.54, 1.807) is 0 Å². The topological polar surface area (TPSA) is 105 Å². The molecule has 82 heavy (non-hydrogen) atoms. The molecule has 0 aromatic carbocycles. The number of rotatable bonds is 73. The van der Waals surface area contributed by atoms with Crippen molar-refractivity contribution in [2.24, 2.45) is 11.5 Å². The molecule has 4 N–H and O–H groups in total. The first-order chi connectivity index (χ1) is 40.5. The second-order valence-electron chi connectivity index (χ2n) is 27.0. The summed E-state index contributed by atoms with van der Waals surface area (Å²) in [6, 6.07) is 0. The fraction of sp³-hybridized carbons (Fsp3) is 0.974. The molecule has 0 bridgehead atoms. The van der Waals surface area contributed by atoms with Crippen molar-refractivity contribution in [3.8, 4) is 0 Å². The Kier molecular flexibility index (Phi) is 69.1. The van der Waals surface area contributed by atoms with Crippen LogP contribution in [0.4, 0.5) is 9.59 Å². The summed E-state index contributed by atoms with van der Waals surface area (Å²) in [6.07, 6.45) is 94.3. The molecule has 0 aromatic heterocycles. The first-order valence-corrected chi connectivity index (χ1v) is 38.4.